The van der Waals surface area contributed by atoms with E-state index in [0.29, 0.717) is 0 Å². The SMILES string of the molecule is CC(C)(C)C(=O)OCn1cc(F)c(N)nc1=O. The summed E-state index contributed by atoms with van der Waals surface area (Å²) in [4.78, 5) is 25.9. The number of anilines is 1. The Balaban J connectivity index is 2.81. The zero-order valence-corrected chi connectivity index (χ0v) is 9.86. The minimum Gasteiger partial charge on any atom is -0.443 e. The highest BCUT2D eigenvalue weighted by Crippen LogP contribution is 2.15. The average molecular weight is 243 g/mol. The van der Waals surface area contributed by atoms with Gasteiger partial charge in [-0.2, -0.15) is 4.98 Å². The van der Waals surface area contributed by atoms with Crippen molar-refractivity contribution in [1.29, 1.82) is 0 Å². The monoisotopic (exact) mass is 243 g/mol. The van der Waals surface area contributed by atoms with Gasteiger partial charge in [0.15, 0.2) is 18.4 Å². The second-order valence-electron chi connectivity index (χ2n) is 4.54. The van der Waals surface area contributed by atoms with Crippen LogP contribution in [0.15, 0.2) is 11.0 Å². The van der Waals surface area contributed by atoms with Crippen LogP contribution in [0.2, 0.25) is 0 Å². The van der Waals surface area contributed by atoms with Gasteiger partial charge in [0.25, 0.3) is 0 Å². The van der Waals surface area contributed by atoms with Crippen molar-refractivity contribution in [1.82, 2.24) is 9.55 Å². The Bertz CT molecular complexity index is 491. The summed E-state index contributed by atoms with van der Waals surface area (Å²) in [7, 11) is 0. The molecule has 1 heterocycles. The zero-order chi connectivity index (χ0) is 13.2. The Kier molecular flexibility index (Phi) is 3.50. The van der Waals surface area contributed by atoms with E-state index in [1.54, 1.807) is 20.8 Å². The van der Waals surface area contributed by atoms with Crippen LogP contribution in [0.4, 0.5) is 10.2 Å². The van der Waals surface area contributed by atoms with Gasteiger partial charge in [-0.25, -0.2) is 9.18 Å². The molecule has 17 heavy (non-hydrogen) atoms. The van der Waals surface area contributed by atoms with Crippen LogP contribution < -0.4 is 11.4 Å². The number of carbonyl (C=O) groups excluding carboxylic acids is 1. The molecule has 1 aromatic heterocycles. The second kappa shape index (κ2) is 4.52. The lowest BCUT2D eigenvalue weighted by molar-refractivity contribution is -0.157. The molecule has 0 unspecified atom stereocenters. The number of nitrogens with two attached hydrogens (primary N) is 1. The van der Waals surface area contributed by atoms with Crippen LogP contribution in [0.25, 0.3) is 0 Å². The Labute approximate surface area is 97.2 Å². The molecule has 94 valence electrons. The van der Waals surface area contributed by atoms with Crippen molar-refractivity contribution in [2.75, 3.05) is 5.73 Å². The van der Waals surface area contributed by atoms with Gasteiger partial charge in [-0.3, -0.25) is 9.36 Å². The smallest absolute Gasteiger partial charge is 0.352 e. The molecule has 1 rings (SSSR count). The van der Waals surface area contributed by atoms with E-state index >= 15 is 0 Å². The molecule has 6 nitrogen and oxygen atoms in total. The molecule has 0 radical (unpaired) electrons. The summed E-state index contributed by atoms with van der Waals surface area (Å²) in [5.41, 5.74) is 3.64. The highest BCUT2D eigenvalue weighted by atomic mass is 19.1. The van der Waals surface area contributed by atoms with E-state index in [9.17, 15) is 14.0 Å². The number of rotatable bonds is 2. The largest absolute Gasteiger partial charge is 0.443 e. The summed E-state index contributed by atoms with van der Waals surface area (Å²) >= 11 is 0. The summed E-state index contributed by atoms with van der Waals surface area (Å²) in [6.07, 6.45) is 0.848. The van der Waals surface area contributed by atoms with Crippen LogP contribution in [-0.4, -0.2) is 15.5 Å². The molecule has 0 fully saturated rings. The third kappa shape index (κ3) is 3.27. The van der Waals surface area contributed by atoms with Crippen LogP contribution in [0.3, 0.4) is 0 Å². The highest BCUT2D eigenvalue weighted by molar-refractivity contribution is 5.75. The van der Waals surface area contributed by atoms with E-state index in [-0.39, 0.29) is 6.73 Å². The van der Waals surface area contributed by atoms with Crippen LogP contribution in [0.1, 0.15) is 20.8 Å². The molecule has 7 heteroatoms. The fourth-order valence-electron chi connectivity index (χ4n) is 0.916. The van der Waals surface area contributed by atoms with E-state index in [1.807, 2.05) is 0 Å². The lowest BCUT2D eigenvalue weighted by Crippen LogP contribution is -2.29. The van der Waals surface area contributed by atoms with Gasteiger partial charge in [-0.15, -0.1) is 0 Å². The van der Waals surface area contributed by atoms with Crippen molar-refractivity contribution in [3.05, 3.63) is 22.5 Å². The summed E-state index contributed by atoms with van der Waals surface area (Å²) < 4.78 is 18.7. The molecule has 2 N–H and O–H groups in total. The number of esters is 1. The third-order valence-electron chi connectivity index (χ3n) is 1.92. The maximum atomic E-state index is 13.0. The first-order valence-corrected chi connectivity index (χ1v) is 4.91. The number of hydrogen-bond acceptors (Lipinski definition) is 5. The molecule has 0 aliphatic carbocycles. The molecule has 0 saturated carbocycles. The number of halogens is 1. The van der Waals surface area contributed by atoms with Crippen molar-refractivity contribution in [2.45, 2.75) is 27.5 Å². The van der Waals surface area contributed by atoms with E-state index in [1.165, 1.54) is 0 Å². The summed E-state index contributed by atoms with van der Waals surface area (Å²) in [5.74, 6) is -1.81. The van der Waals surface area contributed by atoms with E-state index < -0.39 is 28.7 Å². The minimum atomic E-state index is -0.837. The number of ether oxygens (including phenoxy) is 1. The predicted octanol–water partition coefficient (Wildman–Crippen LogP) is 0.511. The van der Waals surface area contributed by atoms with Gasteiger partial charge in [0.05, 0.1) is 11.6 Å². The molecule has 0 bridgehead atoms. The van der Waals surface area contributed by atoms with Crippen molar-refractivity contribution < 1.29 is 13.9 Å². The van der Waals surface area contributed by atoms with Crippen molar-refractivity contribution in [3.63, 3.8) is 0 Å². The Morgan fingerprint density at radius 3 is 2.71 bits per heavy atom. The minimum absolute atomic E-state index is 0.390. The third-order valence-corrected chi connectivity index (χ3v) is 1.92. The first kappa shape index (κ1) is 13.1. The molecule has 0 aromatic carbocycles. The van der Waals surface area contributed by atoms with Crippen molar-refractivity contribution >= 4 is 11.8 Å². The molecule has 0 aliphatic heterocycles. The number of nitrogen functional groups attached to an aromatic ring is 1. The normalized spacial score (nSPS) is 11.3. The van der Waals surface area contributed by atoms with Crippen LogP contribution in [0, 0.1) is 11.2 Å². The second-order valence-corrected chi connectivity index (χ2v) is 4.54. The highest BCUT2D eigenvalue weighted by Gasteiger charge is 2.23. The van der Waals surface area contributed by atoms with E-state index in [2.05, 4.69) is 4.98 Å². The van der Waals surface area contributed by atoms with Gasteiger partial charge in [-0.1, -0.05) is 0 Å². The van der Waals surface area contributed by atoms with Gasteiger partial charge in [-0.05, 0) is 20.8 Å². The Morgan fingerprint density at radius 1 is 1.59 bits per heavy atom. The number of hydrogen-bond donors (Lipinski definition) is 1. The standard InChI is InChI=1S/C10H14FN3O3/c1-10(2,3)8(15)17-5-14-4-6(11)7(12)13-9(14)16/h4H,5H2,1-3H3,(H2,12,13,16). The molecule has 0 saturated heterocycles. The van der Waals surface area contributed by atoms with Crippen molar-refractivity contribution in [3.8, 4) is 0 Å². The molecule has 1 aromatic rings. The quantitative estimate of drug-likeness (QED) is 0.765. The Hall–Kier alpha value is -1.92. The predicted molar refractivity (Wildman–Crippen MR) is 58.4 cm³/mol. The average Bonchev–Trinajstić information content (AvgIpc) is 2.19. The molecule has 0 amide bonds. The maximum absolute atomic E-state index is 13.0. The summed E-state index contributed by atoms with van der Waals surface area (Å²) in [5, 5.41) is 0. The van der Waals surface area contributed by atoms with Crippen molar-refractivity contribution in [2.24, 2.45) is 5.41 Å². The van der Waals surface area contributed by atoms with Gasteiger partial charge < -0.3 is 10.5 Å². The molecule has 0 aliphatic rings. The lowest BCUT2D eigenvalue weighted by atomic mass is 9.98. The van der Waals surface area contributed by atoms with Crippen LogP contribution in [0.5, 0.6) is 0 Å². The van der Waals surface area contributed by atoms with Crippen LogP contribution >= 0.6 is 0 Å². The number of nitrogens with zero attached hydrogens (tertiary/aromatic N) is 2. The lowest BCUT2D eigenvalue weighted by Gasteiger charge is -2.16. The summed E-state index contributed by atoms with van der Waals surface area (Å²) in [6, 6.07) is 0. The fourth-order valence-corrected chi connectivity index (χ4v) is 0.916. The molecular formula is C10H14FN3O3. The molecule has 0 spiro atoms. The fraction of sp³-hybridized carbons (Fsp3) is 0.500. The number of carbonyl (C=O) groups is 1. The van der Waals surface area contributed by atoms with Gasteiger partial charge >= 0.3 is 11.7 Å². The zero-order valence-electron chi connectivity index (χ0n) is 9.86. The van der Waals surface area contributed by atoms with E-state index in [0.717, 1.165) is 10.8 Å². The number of aromatic nitrogens is 2. The van der Waals surface area contributed by atoms with Gasteiger partial charge in [0, 0.05) is 0 Å². The Morgan fingerprint density at radius 2 is 2.18 bits per heavy atom. The first-order valence-electron chi connectivity index (χ1n) is 4.91. The maximum Gasteiger partial charge on any atom is 0.352 e. The topological polar surface area (TPSA) is 87.2 Å². The molecular weight excluding hydrogens is 229 g/mol. The van der Waals surface area contributed by atoms with Crippen LogP contribution in [-0.2, 0) is 16.3 Å². The first-order chi connectivity index (χ1) is 7.71. The van der Waals surface area contributed by atoms with E-state index in [4.69, 9.17) is 10.5 Å². The summed E-state index contributed by atoms with van der Waals surface area (Å²) in [6.45, 7) is 4.61. The van der Waals surface area contributed by atoms with Gasteiger partial charge in [0.2, 0.25) is 0 Å². The molecule has 0 atom stereocenters. The van der Waals surface area contributed by atoms with Gasteiger partial charge in [0.1, 0.15) is 0 Å².